The molecule has 1 fully saturated rings. The van der Waals surface area contributed by atoms with Gasteiger partial charge in [-0.25, -0.2) is 0 Å². The van der Waals surface area contributed by atoms with Crippen LogP contribution in [-0.2, 0) is 13.0 Å². The number of rotatable bonds is 6. The van der Waals surface area contributed by atoms with Gasteiger partial charge in [-0.1, -0.05) is 12.1 Å². The molecule has 1 N–H and O–H groups in total. The van der Waals surface area contributed by atoms with Crippen molar-refractivity contribution in [3.05, 3.63) is 41.6 Å². The van der Waals surface area contributed by atoms with Crippen molar-refractivity contribution in [1.82, 2.24) is 15.5 Å². The zero-order chi connectivity index (χ0) is 13.1. The molecule has 0 amide bonds. The van der Waals surface area contributed by atoms with Crippen molar-refractivity contribution in [1.29, 1.82) is 0 Å². The topological polar surface area (TPSA) is 60.2 Å². The van der Waals surface area contributed by atoms with Gasteiger partial charge in [0, 0.05) is 6.04 Å². The van der Waals surface area contributed by atoms with Gasteiger partial charge >= 0.3 is 0 Å². The predicted octanol–water partition coefficient (Wildman–Crippen LogP) is 1.92. The van der Waals surface area contributed by atoms with E-state index in [-0.39, 0.29) is 0 Å². The van der Waals surface area contributed by atoms with E-state index in [1.807, 2.05) is 24.3 Å². The van der Waals surface area contributed by atoms with E-state index in [1.165, 1.54) is 12.8 Å². The Labute approximate surface area is 112 Å². The van der Waals surface area contributed by atoms with E-state index in [0.29, 0.717) is 30.8 Å². The zero-order valence-electron chi connectivity index (χ0n) is 10.9. The second-order valence-electron chi connectivity index (χ2n) is 4.77. The molecule has 1 aliphatic carbocycles. The molecule has 1 saturated carbocycles. The molecule has 0 saturated heterocycles. The average Bonchev–Trinajstić information content (AvgIpc) is 3.17. The molecule has 5 heteroatoms. The summed E-state index contributed by atoms with van der Waals surface area (Å²) in [5.74, 6) is 2.16. The van der Waals surface area contributed by atoms with E-state index in [0.717, 1.165) is 11.3 Å². The molecule has 5 nitrogen and oxygen atoms in total. The number of methoxy groups -OCH3 is 1. The fourth-order valence-electron chi connectivity index (χ4n) is 1.87. The molecule has 3 rings (SSSR count). The minimum Gasteiger partial charge on any atom is -0.497 e. The highest BCUT2D eigenvalue weighted by atomic mass is 16.5. The number of benzene rings is 1. The zero-order valence-corrected chi connectivity index (χ0v) is 10.9. The molecule has 0 aliphatic heterocycles. The second kappa shape index (κ2) is 5.40. The third-order valence-corrected chi connectivity index (χ3v) is 3.14. The lowest BCUT2D eigenvalue weighted by molar-refractivity contribution is 0.414. The third kappa shape index (κ3) is 3.32. The number of ether oxygens (including phenoxy) is 1. The Hall–Kier alpha value is -1.88. The van der Waals surface area contributed by atoms with Gasteiger partial charge in [-0.05, 0) is 30.5 Å². The summed E-state index contributed by atoms with van der Waals surface area (Å²) < 4.78 is 10.7. The summed E-state index contributed by atoms with van der Waals surface area (Å²) in [6.07, 6.45) is 3.17. The molecule has 1 aromatic carbocycles. The maximum absolute atomic E-state index is 5.61. The standard InChI is InChI=1S/C14H17N3O2/c1-18-12-6-2-10(3-7-12)8-13-16-17-14(19-13)9-15-11-4-5-11/h2-3,6-7,11,15H,4-5,8-9H2,1H3. The number of hydrogen-bond donors (Lipinski definition) is 1. The van der Waals surface area contributed by atoms with Crippen LogP contribution in [0.5, 0.6) is 5.75 Å². The van der Waals surface area contributed by atoms with Gasteiger partial charge in [-0.3, -0.25) is 0 Å². The van der Waals surface area contributed by atoms with E-state index in [2.05, 4.69) is 15.5 Å². The van der Waals surface area contributed by atoms with Crippen LogP contribution < -0.4 is 10.1 Å². The Morgan fingerprint density at radius 2 is 1.95 bits per heavy atom. The second-order valence-corrected chi connectivity index (χ2v) is 4.77. The van der Waals surface area contributed by atoms with E-state index in [9.17, 15) is 0 Å². The van der Waals surface area contributed by atoms with Crippen molar-refractivity contribution in [2.45, 2.75) is 31.8 Å². The van der Waals surface area contributed by atoms with Crippen molar-refractivity contribution in [3.8, 4) is 5.75 Å². The Balaban J connectivity index is 1.58. The van der Waals surface area contributed by atoms with Crippen molar-refractivity contribution in [2.75, 3.05) is 7.11 Å². The Morgan fingerprint density at radius 3 is 2.63 bits per heavy atom. The molecule has 1 aliphatic rings. The van der Waals surface area contributed by atoms with Crippen LogP contribution in [0.4, 0.5) is 0 Å². The van der Waals surface area contributed by atoms with Gasteiger partial charge in [-0.2, -0.15) is 0 Å². The fourth-order valence-corrected chi connectivity index (χ4v) is 1.87. The van der Waals surface area contributed by atoms with Crippen LogP contribution in [0.3, 0.4) is 0 Å². The molecule has 0 bridgehead atoms. The Kier molecular flexibility index (Phi) is 3.46. The summed E-state index contributed by atoms with van der Waals surface area (Å²) in [5.41, 5.74) is 1.13. The molecule has 2 aromatic rings. The quantitative estimate of drug-likeness (QED) is 0.858. The van der Waals surface area contributed by atoms with Gasteiger partial charge in [0.05, 0.1) is 20.1 Å². The summed E-state index contributed by atoms with van der Waals surface area (Å²) in [6, 6.07) is 8.52. The molecule has 0 atom stereocenters. The highest BCUT2D eigenvalue weighted by molar-refractivity contribution is 5.28. The largest absolute Gasteiger partial charge is 0.497 e. The van der Waals surface area contributed by atoms with Crippen molar-refractivity contribution >= 4 is 0 Å². The van der Waals surface area contributed by atoms with Gasteiger partial charge in [0.15, 0.2) is 0 Å². The summed E-state index contributed by atoms with van der Waals surface area (Å²) in [6.45, 7) is 0.667. The lowest BCUT2D eigenvalue weighted by Crippen LogP contribution is -2.15. The summed E-state index contributed by atoms with van der Waals surface area (Å²) >= 11 is 0. The number of nitrogens with zero attached hydrogens (tertiary/aromatic N) is 2. The van der Waals surface area contributed by atoms with Crippen LogP contribution in [0.2, 0.25) is 0 Å². The number of nitrogens with one attached hydrogen (secondary N) is 1. The lowest BCUT2D eigenvalue weighted by Gasteiger charge is -2.00. The van der Waals surface area contributed by atoms with Crippen LogP contribution in [0.1, 0.15) is 30.2 Å². The first-order valence-corrected chi connectivity index (χ1v) is 6.51. The maximum atomic E-state index is 5.61. The molecule has 1 heterocycles. The molecule has 0 radical (unpaired) electrons. The third-order valence-electron chi connectivity index (χ3n) is 3.14. The number of hydrogen-bond acceptors (Lipinski definition) is 5. The minimum atomic E-state index is 0.650. The minimum absolute atomic E-state index is 0.650. The first-order valence-electron chi connectivity index (χ1n) is 6.51. The van der Waals surface area contributed by atoms with E-state index >= 15 is 0 Å². The normalized spacial score (nSPS) is 14.6. The van der Waals surface area contributed by atoms with Gasteiger partial charge in [0.25, 0.3) is 0 Å². The average molecular weight is 259 g/mol. The van der Waals surface area contributed by atoms with Gasteiger partial charge in [-0.15, -0.1) is 10.2 Å². The Morgan fingerprint density at radius 1 is 1.21 bits per heavy atom. The summed E-state index contributed by atoms with van der Waals surface area (Å²) in [4.78, 5) is 0. The number of aromatic nitrogens is 2. The molecular formula is C14H17N3O2. The molecule has 1 aromatic heterocycles. The highest BCUT2D eigenvalue weighted by Gasteiger charge is 2.21. The molecule has 100 valence electrons. The van der Waals surface area contributed by atoms with Crippen LogP contribution >= 0.6 is 0 Å². The monoisotopic (exact) mass is 259 g/mol. The fraction of sp³-hybridized carbons (Fsp3) is 0.429. The van der Waals surface area contributed by atoms with Crippen LogP contribution in [0.15, 0.2) is 28.7 Å². The van der Waals surface area contributed by atoms with Crippen molar-refractivity contribution in [3.63, 3.8) is 0 Å². The molecule has 19 heavy (non-hydrogen) atoms. The van der Waals surface area contributed by atoms with E-state index in [4.69, 9.17) is 9.15 Å². The predicted molar refractivity (Wildman–Crippen MR) is 70.0 cm³/mol. The Bertz CT molecular complexity index is 532. The first-order chi connectivity index (χ1) is 9.33. The lowest BCUT2D eigenvalue weighted by atomic mass is 10.1. The van der Waals surface area contributed by atoms with Crippen molar-refractivity contribution < 1.29 is 9.15 Å². The summed E-state index contributed by atoms with van der Waals surface area (Å²) in [5, 5.41) is 11.5. The van der Waals surface area contributed by atoms with E-state index < -0.39 is 0 Å². The maximum Gasteiger partial charge on any atom is 0.230 e. The van der Waals surface area contributed by atoms with Gasteiger partial charge in [0.2, 0.25) is 11.8 Å². The van der Waals surface area contributed by atoms with Crippen LogP contribution in [-0.4, -0.2) is 23.3 Å². The molecule has 0 spiro atoms. The first kappa shape index (κ1) is 12.2. The van der Waals surface area contributed by atoms with E-state index in [1.54, 1.807) is 7.11 Å². The highest BCUT2D eigenvalue weighted by Crippen LogP contribution is 2.19. The summed E-state index contributed by atoms with van der Waals surface area (Å²) in [7, 11) is 1.66. The van der Waals surface area contributed by atoms with Gasteiger partial charge < -0.3 is 14.5 Å². The van der Waals surface area contributed by atoms with Crippen molar-refractivity contribution in [2.24, 2.45) is 0 Å². The molecule has 0 unspecified atom stereocenters. The van der Waals surface area contributed by atoms with Crippen LogP contribution in [0.25, 0.3) is 0 Å². The van der Waals surface area contributed by atoms with Crippen LogP contribution in [0, 0.1) is 0 Å². The smallest absolute Gasteiger partial charge is 0.230 e. The molecular weight excluding hydrogens is 242 g/mol. The SMILES string of the molecule is COc1ccc(Cc2nnc(CNC3CC3)o2)cc1. The van der Waals surface area contributed by atoms with Gasteiger partial charge in [0.1, 0.15) is 5.75 Å².